The molecule has 0 bridgehead atoms. The summed E-state index contributed by atoms with van der Waals surface area (Å²) in [7, 11) is 0. The Labute approximate surface area is 160 Å². The first-order chi connectivity index (χ1) is 13.6. The molecule has 0 spiro atoms. The number of rotatable bonds is 4. The molecule has 1 fully saturated rings. The van der Waals surface area contributed by atoms with Gasteiger partial charge in [-0.25, -0.2) is 14.2 Å². The third kappa shape index (κ3) is 3.85. The Morgan fingerprint density at radius 1 is 1.21 bits per heavy atom. The summed E-state index contributed by atoms with van der Waals surface area (Å²) >= 11 is 0. The number of hydrogen-bond donors (Lipinski definition) is 1. The van der Waals surface area contributed by atoms with Crippen molar-refractivity contribution in [3.63, 3.8) is 0 Å². The van der Waals surface area contributed by atoms with Gasteiger partial charge in [0, 0.05) is 25.2 Å². The lowest BCUT2D eigenvalue weighted by atomic mass is 9.97. The van der Waals surface area contributed by atoms with Gasteiger partial charge in [-0.2, -0.15) is 4.68 Å². The summed E-state index contributed by atoms with van der Waals surface area (Å²) in [5.41, 5.74) is 0.435. The molecule has 4 rings (SSSR count). The van der Waals surface area contributed by atoms with Gasteiger partial charge in [0.1, 0.15) is 11.6 Å². The number of amides is 1. The van der Waals surface area contributed by atoms with E-state index >= 15 is 0 Å². The van der Waals surface area contributed by atoms with Crippen molar-refractivity contribution in [2.24, 2.45) is 0 Å². The fourth-order valence-electron chi connectivity index (χ4n) is 3.47. The number of aromatic amines is 1. The van der Waals surface area contributed by atoms with Crippen LogP contribution in [0.15, 0.2) is 53.5 Å². The van der Waals surface area contributed by atoms with Gasteiger partial charge in [0.15, 0.2) is 5.82 Å². The van der Waals surface area contributed by atoms with Crippen LogP contribution in [-0.4, -0.2) is 43.6 Å². The molecule has 28 heavy (non-hydrogen) atoms. The number of halogens is 1. The first kappa shape index (κ1) is 18.1. The molecule has 1 N–H and O–H groups in total. The Bertz CT molecular complexity index is 1010. The van der Waals surface area contributed by atoms with E-state index in [2.05, 4.69) is 15.1 Å². The van der Waals surface area contributed by atoms with Gasteiger partial charge in [-0.3, -0.25) is 9.78 Å². The number of carbonyl (C=O) groups is 1. The minimum Gasteiger partial charge on any atom is -0.342 e. The van der Waals surface area contributed by atoms with Gasteiger partial charge in [0.25, 0.3) is 0 Å². The van der Waals surface area contributed by atoms with Gasteiger partial charge in [0.2, 0.25) is 5.91 Å². The van der Waals surface area contributed by atoms with Gasteiger partial charge in [-0.05, 0) is 42.7 Å². The van der Waals surface area contributed by atoms with E-state index < -0.39 is 0 Å². The topological polar surface area (TPSA) is 83.9 Å². The number of nitrogens with one attached hydrogen (secondary N) is 1. The molecule has 1 atom stereocenters. The molecule has 1 aliphatic heterocycles. The van der Waals surface area contributed by atoms with E-state index in [0.29, 0.717) is 24.7 Å². The lowest BCUT2D eigenvalue weighted by Gasteiger charge is -2.31. The second kappa shape index (κ2) is 7.75. The monoisotopic (exact) mass is 381 g/mol. The fourth-order valence-corrected chi connectivity index (χ4v) is 3.47. The number of H-pyrrole nitrogens is 1. The van der Waals surface area contributed by atoms with Crippen LogP contribution in [-0.2, 0) is 11.2 Å². The molecule has 1 saturated heterocycles. The fraction of sp³-hybridized carbons (Fsp3) is 0.300. The van der Waals surface area contributed by atoms with Crippen LogP contribution in [0.25, 0.3) is 5.82 Å². The maximum Gasteiger partial charge on any atom is 0.349 e. The number of likely N-dealkylation sites (tertiary alicyclic amines) is 1. The Hall–Kier alpha value is -3.29. The summed E-state index contributed by atoms with van der Waals surface area (Å²) in [5.74, 6) is 0.651. The van der Waals surface area contributed by atoms with Crippen molar-refractivity contribution in [1.82, 2.24) is 24.6 Å². The average Bonchev–Trinajstić information content (AvgIpc) is 3.12. The maximum atomic E-state index is 13.0. The average molecular weight is 381 g/mol. The predicted molar refractivity (Wildman–Crippen MR) is 101 cm³/mol. The minimum absolute atomic E-state index is 0.0113. The standard InChI is InChI=1S/C20H20FN5O2/c21-16-8-6-14(7-9-16)12-18(27)25-11-3-4-15(13-25)19-23-20(28)26(24-19)17-5-1-2-10-22-17/h1-2,5-10,15H,3-4,11-13H2,(H,23,24,28). The zero-order chi connectivity index (χ0) is 19.5. The molecule has 8 heteroatoms. The highest BCUT2D eigenvalue weighted by molar-refractivity contribution is 5.79. The summed E-state index contributed by atoms with van der Waals surface area (Å²) in [5, 5.41) is 4.40. The van der Waals surface area contributed by atoms with Gasteiger partial charge in [-0.15, -0.1) is 5.10 Å². The second-order valence-electron chi connectivity index (χ2n) is 6.90. The van der Waals surface area contributed by atoms with Crippen LogP contribution < -0.4 is 5.69 Å². The molecular formula is C20H20FN5O2. The minimum atomic E-state index is -0.344. The van der Waals surface area contributed by atoms with Gasteiger partial charge in [0.05, 0.1) is 6.42 Å². The number of carbonyl (C=O) groups excluding carboxylic acids is 1. The number of pyridine rings is 1. The van der Waals surface area contributed by atoms with Crippen molar-refractivity contribution >= 4 is 5.91 Å². The predicted octanol–water partition coefficient (Wildman–Crippen LogP) is 2.04. The highest BCUT2D eigenvalue weighted by Crippen LogP contribution is 2.24. The summed E-state index contributed by atoms with van der Waals surface area (Å²) in [6, 6.07) is 11.2. The van der Waals surface area contributed by atoms with E-state index in [1.807, 2.05) is 0 Å². The smallest absolute Gasteiger partial charge is 0.342 e. The van der Waals surface area contributed by atoms with E-state index in [1.165, 1.54) is 16.8 Å². The molecule has 2 aromatic heterocycles. The molecule has 1 amide bonds. The molecule has 0 aliphatic carbocycles. The Morgan fingerprint density at radius 3 is 2.79 bits per heavy atom. The van der Waals surface area contributed by atoms with Crippen LogP contribution >= 0.6 is 0 Å². The lowest BCUT2D eigenvalue weighted by Crippen LogP contribution is -2.40. The summed E-state index contributed by atoms with van der Waals surface area (Å²) in [4.78, 5) is 33.7. The van der Waals surface area contributed by atoms with E-state index in [0.717, 1.165) is 18.4 Å². The van der Waals surface area contributed by atoms with Gasteiger partial charge < -0.3 is 4.90 Å². The van der Waals surface area contributed by atoms with Crippen molar-refractivity contribution in [1.29, 1.82) is 0 Å². The van der Waals surface area contributed by atoms with Crippen LogP contribution in [0, 0.1) is 5.82 Å². The number of benzene rings is 1. The molecule has 1 aromatic carbocycles. The molecule has 1 unspecified atom stereocenters. The van der Waals surface area contributed by atoms with Crippen molar-refractivity contribution in [3.05, 3.63) is 76.4 Å². The normalized spacial score (nSPS) is 16.9. The number of hydrogen-bond acceptors (Lipinski definition) is 4. The molecule has 144 valence electrons. The summed E-state index contributed by atoms with van der Waals surface area (Å²) in [6.07, 6.45) is 3.51. The lowest BCUT2D eigenvalue weighted by molar-refractivity contribution is -0.131. The summed E-state index contributed by atoms with van der Waals surface area (Å²) < 4.78 is 14.3. The molecule has 7 nitrogen and oxygen atoms in total. The van der Waals surface area contributed by atoms with Crippen LogP contribution in [0.4, 0.5) is 4.39 Å². The first-order valence-electron chi connectivity index (χ1n) is 9.23. The number of aromatic nitrogens is 4. The Morgan fingerprint density at radius 2 is 2.04 bits per heavy atom. The van der Waals surface area contributed by atoms with Crippen molar-refractivity contribution < 1.29 is 9.18 Å². The van der Waals surface area contributed by atoms with E-state index in [-0.39, 0.29) is 29.8 Å². The molecule has 1 aliphatic rings. The zero-order valence-electron chi connectivity index (χ0n) is 15.2. The van der Waals surface area contributed by atoms with Crippen molar-refractivity contribution in [2.45, 2.75) is 25.2 Å². The molecular weight excluding hydrogens is 361 g/mol. The number of nitrogens with zero attached hydrogens (tertiary/aromatic N) is 4. The van der Waals surface area contributed by atoms with E-state index in [9.17, 15) is 14.0 Å². The van der Waals surface area contributed by atoms with Crippen LogP contribution in [0.1, 0.15) is 30.1 Å². The van der Waals surface area contributed by atoms with Gasteiger partial charge in [-0.1, -0.05) is 18.2 Å². The third-order valence-corrected chi connectivity index (χ3v) is 4.93. The quantitative estimate of drug-likeness (QED) is 0.750. The molecule has 0 saturated carbocycles. The molecule has 3 heterocycles. The Kier molecular flexibility index (Phi) is 5.01. The Balaban J connectivity index is 1.47. The number of piperidine rings is 1. The highest BCUT2D eigenvalue weighted by atomic mass is 19.1. The largest absolute Gasteiger partial charge is 0.349 e. The maximum absolute atomic E-state index is 13.0. The highest BCUT2D eigenvalue weighted by Gasteiger charge is 2.27. The van der Waals surface area contributed by atoms with Crippen molar-refractivity contribution in [3.8, 4) is 5.82 Å². The van der Waals surface area contributed by atoms with E-state index in [1.54, 1.807) is 41.4 Å². The van der Waals surface area contributed by atoms with Crippen LogP contribution in [0.2, 0.25) is 0 Å². The van der Waals surface area contributed by atoms with Gasteiger partial charge >= 0.3 is 5.69 Å². The SMILES string of the molecule is O=C(Cc1ccc(F)cc1)N1CCCC(c2nn(-c3ccccn3)c(=O)[nH]2)C1. The molecule has 3 aromatic rings. The molecule has 0 radical (unpaired) electrons. The first-order valence-corrected chi connectivity index (χ1v) is 9.23. The van der Waals surface area contributed by atoms with E-state index in [4.69, 9.17) is 0 Å². The van der Waals surface area contributed by atoms with Crippen molar-refractivity contribution in [2.75, 3.05) is 13.1 Å². The zero-order valence-corrected chi connectivity index (χ0v) is 15.2. The second-order valence-corrected chi connectivity index (χ2v) is 6.90. The van der Waals surface area contributed by atoms with Crippen LogP contribution in [0.3, 0.4) is 0 Å². The third-order valence-electron chi connectivity index (χ3n) is 4.93. The summed E-state index contributed by atoms with van der Waals surface area (Å²) in [6.45, 7) is 1.16. The van der Waals surface area contributed by atoms with Crippen LogP contribution in [0.5, 0.6) is 0 Å².